The maximum atomic E-state index is 13.0. The fraction of sp³-hybridized carbons (Fsp3) is 0.231. The van der Waals surface area contributed by atoms with Crippen molar-refractivity contribution < 1.29 is 9.18 Å². The van der Waals surface area contributed by atoms with Crippen molar-refractivity contribution in [1.29, 1.82) is 0 Å². The third-order valence-electron chi connectivity index (χ3n) is 2.49. The summed E-state index contributed by atoms with van der Waals surface area (Å²) >= 11 is 1.32. The first-order valence-corrected chi connectivity index (χ1v) is 6.68. The van der Waals surface area contributed by atoms with E-state index < -0.39 is 0 Å². The van der Waals surface area contributed by atoms with E-state index in [0.29, 0.717) is 10.7 Å². The van der Waals surface area contributed by atoms with Gasteiger partial charge in [-0.25, -0.2) is 9.37 Å². The summed E-state index contributed by atoms with van der Waals surface area (Å²) < 4.78 is 13.0. The van der Waals surface area contributed by atoms with E-state index in [1.807, 2.05) is 12.3 Å². The van der Waals surface area contributed by atoms with Gasteiger partial charge in [0.2, 0.25) is 5.91 Å². The number of halogens is 1. The Morgan fingerprint density at radius 1 is 1.58 bits per heavy atom. The Kier molecular flexibility index (Phi) is 4.24. The molecule has 3 N–H and O–H groups in total. The van der Waals surface area contributed by atoms with E-state index in [2.05, 4.69) is 10.3 Å². The molecule has 6 heteroatoms. The summed E-state index contributed by atoms with van der Waals surface area (Å²) in [6.45, 7) is 1.83. The Morgan fingerprint density at radius 3 is 3.00 bits per heavy atom. The summed E-state index contributed by atoms with van der Waals surface area (Å²) in [4.78, 5) is 16.0. The van der Waals surface area contributed by atoms with Gasteiger partial charge in [-0.05, 0) is 24.6 Å². The highest BCUT2D eigenvalue weighted by Gasteiger charge is 2.09. The van der Waals surface area contributed by atoms with Gasteiger partial charge in [0.25, 0.3) is 0 Å². The van der Waals surface area contributed by atoms with Gasteiger partial charge in [-0.1, -0.05) is 12.1 Å². The number of rotatable bonds is 4. The van der Waals surface area contributed by atoms with Crippen molar-refractivity contribution in [1.82, 2.24) is 4.98 Å². The van der Waals surface area contributed by atoms with Crippen molar-refractivity contribution in [3.05, 3.63) is 46.7 Å². The van der Waals surface area contributed by atoms with Crippen molar-refractivity contribution in [3.63, 3.8) is 0 Å². The number of carbonyl (C=O) groups is 1. The lowest BCUT2D eigenvalue weighted by molar-refractivity contribution is -0.115. The third kappa shape index (κ3) is 3.84. The lowest BCUT2D eigenvalue weighted by Gasteiger charge is -2.02. The molecule has 100 valence electrons. The molecule has 0 aliphatic rings. The standard InChI is InChI=1S/C13H14FN3OS/c1-8(15)11-7-19-13(16-11)17-12(18)6-9-3-2-4-10(14)5-9/h2-5,7-8H,6,15H2,1H3,(H,16,17,18). The minimum Gasteiger partial charge on any atom is -0.323 e. The van der Waals surface area contributed by atoms with Gasteiger partial charge < -0.3 is 11.1 Å². The second-order valence-corrected chi connectivity index (χ2v) is 5.08. The van der Waals surface area contributed by atoms with Crippen LogP contribution in [0.1, 0.15) is 24.2 Å². The molecule has 4 nitrogen and oxygen atoms in total. The number of amides is 1. The summed E-state index contributed by atoms with van der Waals surface area (Å²) in [5.74, 6) is -0.574. The van der Waals surface area contributed by atoms with Crippen molar-refractivity contribution >= 4 is 22.4 Å². The van der Waals surface area contributed by atoms with Crippen LogP contribution in [0.15, 0.2) is 29.6 Å². The SMILES string of the molecule is CC(N)c1csc(NC(=O)Cc2cccc(F)c2)n1. The predicted molar refractivity (Wildman–Crippen MR) is 73.5 cm³/mol. The monoisotopic (exact) mass is 279 g/mol. The van der Waals surface area contributed by atoms with Gasteiger partial charge in [0.1, 0.15) is 5.82 Å². The molecule has 1 unspecified atom stereocenters. The van der Waals surface area contributed by atoms with Crippen LogP contribution in [-0.4, -0.2) is 10.9 Å². The molecule has 1 amide bonds. The molecule has 0 saturated heterocycles. The maximum Gasteiger partial charge on any atom is 0.230 e. The summed E-state index contributed by atoms with van der Waals surface area (Å²) in [6.07, 6.45) is 0.116. The smallest absolute Gasteiger partial charge is 0.230 e. The van der Waals surface area contributed by atoms with E-state index >= 15 is 0 Å². The molecule has 0 saturated carbocycles. The molecule has 19 heavy (non-hydrogen) atoms. The number of hydrogen-bond donors (Lipinski definition) is 2. The lowest BCUT2D eigenvalue weighted by atomic mass is 10.1. The molecule has 0 spiro atoms. The number of nitrogens with one attached hydrogen (secondary N) is 1. The number of carbonyl (C=O) groups excluding carboxylic acids is 1. The number of hydrogen-bond acceptors (Lipinski definition) is 4. The molecule has 2 aromatic rings. The first kappa shape index (κ1) is 13.6. The van der Waals surface area contributed by atoms with Crippen LogP contribution in [-0.2, 0) is 11.2 Å². The van der Waals surface area contributed by atoms with Gasteiger partial charge in [0.05, 0.1) is 12.1 Å². The number of anilines is 1. The minimum atomic E-state index is -0.348. The number of nitrogens with zero attached hydrogens (tertiary/aromatic N) is 1. The van der Waals surface area contributed by atoms with Gasteiger partial charge in [-0.3, -0.25) is 4.79 Å². The first-order chi connectivity index (χ1) is 9.04. The largest absolute Gasteiger partial charge is 0.323 e. The molecule has 0 radical (unpaired) electrons. The Morgan fingerprint density at radius 2 is 2.37 bits per heavy atom. The Bertz CT molecular complexity index is 583. The number of aromatic nitrogens is 1. The molecular weight excluding hydrogens is 265 g/mol. The second kappa shape index (κ2) is 5.90. The molecule has 0 aliphatic carbocycles. The minimum absolute atomic E-state index is 0.116. The van der Waals surface area contributed by atoms with Gasteiger partial charge in [0, 0.05) is 11.4 Å². The summed E-state index contributed by atoms with van der Waals surface area (Å²) in [5, 5.41) is 4.99. The van der Waals surface area contributed by atoms with Crippen LogP contribution >= 0.6 is 11.3 Å². The van der Waals surface area contributed by atoms with Crippen LogP contribution in [0.2, 0.25) is 0 Å². The van der Waals surface area contributed by atoms with Crippen molar-refractivity contribution in [3.8, 4) is 0 Å². The summed E-state index contributed by atoms with van der Waals surface area (Å²) in [6, 6.07) is 5.81. The summed E-state index contributed by atoms with van der Waals surface area (Å²) in [7, 11) is 0. The maximum absolute atomic E-state index is 13.0. The highest BCUT2D eigenvalue weighted by molar-refractivity contribution is 7.13. The van der Waals surface area contributed by atoms with Crippen LogP contribution in [0.3, 0.4) is 0 Å². The highest BCUT2D eigenvalue weighted by Crippen LogP contribution is 2.19. The zero-order valence-electron chi connectivity index (χ0n) is 10.4. The number of benzene rings is 1. The van der Waals surface area contributed by atoms with Crippen LogP contribution in [0.4, 0.5) is 9.52 Å². The van der Waals surface area contributed by atoms with Crippen molar-refractivity contribution in [2.75, 3.05) is 5.32 Å². The van der Waals surface area contributed by atoms with Crippen LogP contribution in [0, 0.1) is 5.82 Å². The molecule has 1 aromatic heterocycles. The van der Waals surface area contributed by atoms with Crippen molar-refractivity contribution in [2.24, 2.45) is 5.73 Å². The zero-order valence-corrected chi connectivity index (χ0v) is 11.2. The molecule has 0 fully saturated rings. The molecule has 0 bridgehead atoms. The predicted octanol–water partition coefficient (Wildman–Crippen LogP) is 2.48. The van der Waals surface area contributed by atoms with Crippen molar-refractivity contribution in [2.45, 2.75) is 19.4 Å². The van der Waals surface area contributed by atoms with E-state index in [0.717, 1.165) is 5.69 Å². The van der Waals surface area contributed by atoms with Gasteiger partial charge in [0.15, 0.2) is 5.13 Å². The Hall–Kier alpha value is -1.79. The highest BCUT2D eigenvalue weighted by atomic mass is 32.1. The van der Waals surface area contributed by atoms with Gasteiger partial charge in [-0.15, -0.1) is 11.3 Å². The molecule has 0 aliphatic heterocycles. The first-order valence-electron chi connectivity index (χ1n) is 5.80. The van der Waals surface area contributed by atoms with Crippen LogP contribution in [0.5, 0.6) is 0 Å². The zero-order chi connectivity index (χ0) is 13.8. The molecule has 1 heterocycles. The number of nitrogens with two attached hydrogens (primary N) is 1. The van der Waals surface area contributed by atoms with E-state index in [1.54, 1.807) is 12.1 Å². The molecule has 2 rings (SSSR count). The molecular formula is C13H14FN3OS. The van der Waals surface area contributed by atoms with Crippen LogP contribution in [0.25, 0.3) is 0 Å². The van der Waals surface area contributed by atoms with Crippen LogP contribution < -0.4 is 11.1 Å². The molecule has 1 atom stereocenters. The van der Waals surface area contributed by atoms with Gasteiger partial charge >= 0.3 is 0 Å². The Balaban J connectivity index is 1.97. The normalized spacial score (nSPS) is 12.2. The fourth-order valence-electron chi connectivity index (χ4n) is 1.55. The number of thiazole rings is 1. The lowest BCUT2D eigenvalue weighted by Crippen LogP contribution is -2.14. The van der Waals surface area contributed by atoms with Gasteiger partial charge in [-0.2, -0.15) is 0 Å². The second-order valence-electron chi connectivity index (χ2n) is 4.22. The van der Waals surface area contributed by atoms with E-state index in [4.69, 9.17) is 5.73 Å². The Labute approximate surface area is 114 Å². The molecule has 1 aromatic carbocycles. The quantitative estimate of drug-likeness (QED) is 0.903. The van der Waals surface area contributed by atoms with E-state index in [-0.39, 0.29) is 24.2 Å². The average Bonchev–Trinajstić information content (AvgIpc) is 2.77. The average molecular weight is 279 g/mol. The summed E-state index contributed by atoms with van der Waals surface area (Å²) in [5.41, 5.74) is 7.06. The fourth-order valence-corrected chi connectivity index (χ4v) is 2.38. The topological polar surface area (TPSA) is 68.0 Å². The third-order valence-corrected chi connectivity index (χ3v) is 3.26. The van der Waals surface area contributed by atoms with E-state index in [9.17, 15) is 9.18 Å². The van der Waals surface area contributed by atoms with E-state index in [1.165, 1.54) is 23.5 Å².